The van der Waals surface area contributed by atoms with Crippen molar-refractivity contribution in [2.75, 3.05) is 5.73 Å². The van der Waals surface area contributed by atoms with Crippen molar-refractivity contribution in [2.45, 2.75) is 19.4 Å². The van der Waals surface area contributed by atoms with Gasteiger partial charge in [0.15, 0.2) is 11.5 Å². The topological polar surface area (TPSA) is 90.5 Å². The lowest BCUT2D eigenvalue weighted by Crippen LogP contribution is -2.18. The second-order valence-electron chi connectivity index (χ2n) is 4.82. The molecule has 2 heterocycles. The Morgan fingerprint density at radius 2 is 1.58 bits per heavy atom. The van der Waals surface area contributed by atoms with Gasteiger partial charge in [-0.25, -0.2) is 9.97 Å². The van der Waals surface area contributed by atoms with Gasteiger partial charge in [-0.3, -0.25) is 0 Å². The number of aliphatic hydroxyl groups is 1. The maximum Gasteiger partial charge on any atom is 0.284 e. The quantitative estimate of drug-likeness (QED) is 0.651. The Labute approximate surface area is 109 Å². The van der Waals surface area contributed by atoms with Gasteiger partial charge in [-0.2, -0.15) is 0 Å². The zero-order chi connectivity index (χ0) is 13.6. The van der Waals surface area contributed by atoms with Crippen LogP contribution in [0.5, 0.6) is 23.3 Å². The van der Waals surface area contributed by atoms with Crippen molar-refractivity contribution in [3.05, 3.63) is 30.1 Å². The molecule has 1 aliphatic heterocycles. The van der Waals surface area contributed by atoms with Crippen molar-refractivity contribution in [1.29, 1.82) is 0 Å². The second-order valence-corrected chi connectivity index (χ2v) is 4.82. The molecule has 0 amide bonds. The van der Waals surface area contributed by atoms with E-state index in [-0.39, 0.29) is 0 Å². The van der Waals surface area contributed by atoms with E-state index < -0.39 is 5.60 Å². The molecule has 0 aliphatic carbocycles. The highest BCUT2D eigenvalue weighted by Crippen LogP contribution is 2.45. The highest BCUT2D eigenvalue weighted by molar-refractivity contribution is 5.62. The van der Waals surface area contributed by atoms with E-state index >= 15 is 0 Å². The molecule has 0 saturated carbocycles. The molecule has 19 heavy (non-hydrogen) atoms. The first-order valence-corrected chi connectivity index (χ1v) is 5.78. The fourth-order valence-electron chi connectivity index (χ4n) is 1.93. The van der Waals surface area contributed by atoms with Gasteiger partial charge in [0.05, 0.1) is 5.60 Å². The lowest BCUT2D eigenvalue weighted by atomic mass is 9.96. The summed E-state index contributed by atoms with van der Waals surface area (Å²) in [5.41, 5.74) is 5.86. The first-order valence-electron chi connectivity index (χ1n) is 5.78. The number of fused-ring (bicyclic) bond motifs is 2. The van der Waals surface area contributed by atoms with Crippen molar-refractivity contribution in [2.24, 2.45) is 0 Å². The van der Waals surface area contributed by atoms with Crippen LogP contribution < -0.4 is 15.2 Å². The molecule has 3 N–H and O–H groups in total. The number of nitrogens with two attached hydrogens (primary N) is 1. The average molecular weight is 259 g/mol. The largest absolute Gasteiger partial charge is 0.431 e. The molecular weight excluding hydrogens is 246 g/mol. The molecule has 0 radical (unpaired) electrons. The van der Waals surface area contributed by atoms with E-state index in [4.69, 9.17) is 15.2 Å². The van der Waals surface area contributed by atoms with Crippen LogP contribution in [0.25, 0.3) is 0 Å². The van der Waals surface area contributed by atoms with Crippen molar-refractivity contribution in [3.63, 3.8) is 0 Å². The van der Waals surface area contributed by atoms with E-state index in [0.29, 0.717) is 34.5 Å². The minimum atomic E-state index is -1.06. The van der Waals surface area contributed by atoms with Gasteiger partial charge in [-0.05, 0) is 19.9 Å². The predicted octanol–water partition coefficient (Wildman–Crippen LogP) is 2.18. The third-order valence-electron chi connectivity index (χ3n) is 2.82. The third kappa shape index (κ3) is 1.96. The van der Waals surface area contributed by atoms with Crippen LogP contribution in [0.4, 0.5) is 5.69 Å². The minimum absolute atomic E-state index is 0.293. The molecular formula is C13H13N3O3. The standard InChI is InChI=1S/C13H13N3O3/c1-13(2,17)7-5-9-10(6-8(7)14)19-12-11(18-9)15-3-4-16-12/h3-6,17H,14H2,1-2H3. The lowest BCUT2D eigenvalue weighted by Gasteiger charge is -2.24. The lowest BCUT2D eigenvalue weighted by molar-refractivity contribution is 0.0790. The number of hydrogen-bond acceptors (Lipinski definition) is 6. The van der Waals surface area contributed by atoms with Crippen LogP contribution in [0.2, 0.25) is 0 Å². The van der Waals surface area contributed by atoms with E-state index in [1.165, 1.54) is 12.4 Å². The molecule has 0 atom stereocenters. The van der Waals surface area contributed by atoms with Crippen molar-refractivity contribution in [1.82, 2.24) is 9.97 Å². The maximum atomic E-state index is 10.1. The fourth-order valence-corrected chi connectivity index (χ4v) is 1.93. The SMILES string of the molecule is CC(C)(O)c1cc2c(cc1N)Oc1nccnc1O2. The summed E-state index contributed by atoms with van der Waals surface area (Å²) >= 11 is 0. The van der Waals surface area contributed by atoms with E-state index in [2.05, 4.69) is 9.97 Å². The zero-order valence-electron chi connectivity index (χ0n) is 10.5. The molecule has 6 nitrogen and oxygen atoms in total. The first-order chi connectivity index (χ1) is 8.95. The smallest absolute Gasteiger partial charge is 0.284 e. The molecule has 0 fully saturated rings. The molecule has 98 valence electrons. The Kier molecular flexibility index (Phi) is 2.36. The second kappa shape index (κ2) is 3.83. The average Bonchev–Trinajstić information content (AvgIpc) is 2.34. The normalized spacial score (nSPS) is 13.0. The summed E-state index contributed by atoms with van der Waals surface area (Å²) in [5.74, 6) is 1.50. The Balaban J connectivity index is 2.10. The van der Waals surface area contributed by atoms with Crippen LogP contribution in [0.1, 0.15) is 19.4 Å². The summed E-state index contributed by atoms with van der Waals surface area (Å²) in [7, 11) is 0. The van der Waals surface area contributed by atoms with Gasteiger partial charge in [-0.15, -0.1) is 0 Å². The molecule has 2 aromatic rings. The molecule has 0 spiro atoms. The van der Waals surface area contributed by atoms with Crippen LogP contribution in [-0.2, 0) is 5.60 Å². The van der Waals surface area contributed by atoms with Crippen LogP contribution >= 0.6 is 0 Å². The predicted molar refractivity (Wildman–Crippen MR) is 68.3 cm³/mol. The van der Waals surface area contributed by atoms with Crippen LogP contribution in [-0.4, -0.2) is 15.1 Å². The molecule has 0 bridgehead atoms. The van der Waals surface area contributed by atoms with E-state index in [1.54, 1.807) is 26.0 Å². The molecule has 6 heteroatoms. The van der Waals surface area contributed by atoms with Gasteiger partial charge in [0.2, 0.25) is 0 Å². The summed E-state index contributed by atoms with van der Waals surface area (Å²) in [4.78, 5) is 8.05. The number of nitrogens with zero attached hydrogens (tertiary/aromatic N) is 2. The van der Waals surface area contributed by atoms with Crippen molar-refractivity contribution < 1.29 is 14.6 Å². The third-order valence-corrected chi connectivity index (χ3v) is 2.82. The highest BCUT2D eigenvalue weighted by Gasteiger charge is 2.26. The number of anilines is 1. The zero-order valence-corrected chi connectivity index (χ0v) is 10.5. The number of benzene rings is 1. The first kappa shape index (κ1) is 11.7. The monoisotopic (exact) mass is 259 g/mol. The van der Waals surface area contributed by atoms with E-state index in [0.717, 1.165) is 0 Å². The van der Waals surface area contributed by atoms with Crippen LogP contribution in [0.15, 0.2) is 24.5 Å². The number of ether oxygens (including phenoxy) is 2. The fraction of sp³-hybridized carbons (Fsp3) is 0.231. The van der Waals surface area contributed by atoms with Gasteiger partial charge in [0, 0.05) is 29.7 Å². The van der Waals surface area contributed by atoms with Gasteiger partial charge < -0.3 is 20.3 Å². The summed E-state index contributed by atoms with van der Waals surface area (Å²) in [6.07, 6.45) is 3.03. The highest BCUT2D eigenvalue weighted by atomic mass is 16.6. The van der Waals surface area contributed by atoms with Crippen LogP contribution in [0, 0.1) is 0 Å². The van der Waals surface area contributed by atoms with Gasteiger partial charge >= 0.3 is 0 Å². The van der Waals surface area contributed by atoms with Gasteiger partial charge in [0.1, 0.15) is 0 Å². The molecule has 0 unspecified atom stereocenters. The number of rotatable bonds is 1. The summed E-state index contributed by atoms with van der Waals surface area (Å²) < 4.78 is 11.2. The Morgan fingerprint density at radius 3 is 2.11 bits per heavy atom. The number of nitrogen functional groups attached to an aromatic ring is 1. The summed E-state index contributed by atoms with van der Waals surface area (Å²) in [6, 6.07) is 3.27. The number of hydrogen-bond donors (Lipinski definition) is 2. The molecule has 1 aliphatic rings. The van der Waals surface area contributed by atoms with Crippen LogP contribution in [0.3, 0.4) is 0 Å². The summed E-state index contributed by atoms with van der Waals surface area (Å²) in [6.45, 7) is 3.31. The Morgan fingerprint density at radius 1 is 1.05 bits per heavy atom. The van der Waals surface area contributed by atoms with E-state index in [9.17, 15) is 5.11 Å². The number of aromatic nitrogens is 2. The van der Waals surface area contributed by atoms with Crippen molar-refractivity contribution >= 4 is 5.69 Å². The van der Waals surface area contributed by atoms with Gasteiger partial charge in [0.25, 0.3) is 11.8 Å². The van der Waals surface area contributed by atoms with Gasteiger partial charge in [-0.1, -0.05) is 0 Å². The Hall–Kier alpha value is -2.34. The molecule has 0 saturated heterocycles. The summed E-state index contributed by atoms with van der Waals surface area (Å²) in [5, 5.41) is 10.1. The van der Waals surface area contributed by atoms with Crippen molar-refractivity contribution in [3.8, 4) is 23.3 Å². The maximum absolute atomic E-state index is 10.1. The van der Waals surface area contributed by atoms with E-state index in [1.807, 2.05) is 0 Å². The molecule has 1 aromatic carbocycles. The molecule has 1 aromatic heterocycles. The Bertz CT molecular complexity index is 650. The minimum Gasteiger partial charge on any atom is -0.431 e. The molecule has 3 rings (SSSR count).